The molecule has 24 heavy (non-hydrogen) atoms. The average Bonchev–Trinajstić information content (AvgIpc) is 2.97. The molecule has 3 rings (SSSR count). The Hall–Kier alpha value is -1.02. The molecule has 0 amide bonds. The van der Waals surface area contributed by atoms with Crippen LogP contribution in [-0.4, -0.2) is 84.2 Å². The molecular weight excluding hydrogens is 306 g/mol. The first kappa shape index (κ1) is 17.8. The summed E-state index contributed by atoms with van der Waals surface area (Å²) in [6.07, 6.45) is 3.55. The molecule has 2 saturated heterocycles. The van der Waals surface area contributed by atoms with Crippen LogP contribution in [0.15, 0.2) is 0 Å². The van der Waals surface area contributed by atoms with Crippen molar-refractivity contribution in [3.05, 3.63) is 11.6 Å². The Morgan fingerprint density at radius 2 is 2.00 bits per heavy atom. The molecule has 1 aromatic rings. The summed E-state index contributed by atoms with van der Waals surface area (Å²) in [6.45, 7) is 8.73. The molecule has 2 aliphatic heterocycles. The number of aromatic nitrogens is 3. The van der Waals surface area contributed by atoms with E-state index in [1.165, 1.54) is 19.4 Å². The molecule has 3 heterocycles. The number of hydrogen-bond acceptors (Lipinski definition) is 6. The minimum Gasteiger partial charge on any atom is -0.385 e. The number of ether oxygens (including phenoxy) is 2. The summed E-state index contributed by atoms with van der Waals surface area (Å²) in [4.78, 5) is 4.94. The maximum Gasteiger partial charge on any atom is 0.146 e. The molecule has 1 atom stereocenters. The monoisotopic (exact) mass is 337 g/mol. The Labute approximate surface area is 144 Å². The van der Waals surface area contributed by atoms with Gasteiger partial charge in [0.25, 0.3) is 0 Å². The number of morpholine rings is 1. The SMILES string of the molecule is COCCCN1CCC[C@H](c2nnc(CN3CCOCC3)n2C)C1. The van der Waals surface area contributed by atoms with Gasteiger partial charge in [0, 0.05) is 52.9 Å². The van der Waals surface area contributed by atoms with Gasteiger partial charge in [0.15, 0.2) is 0 Å². The van der Waals surface area contributed by atoms with E-state index in [9.17, 15) is 0 Å². The summed E-state index contributed by atoms with van der Waals surface area (Å²) in [6, 6.07) is 0. The molecule has 2 aliphatic rings. The molecule has 0 spiro atoms. The summed E-state index contributed by atoms with van der Waals surface area (Å²) in [5.41, 5.74) is 0. The second-order valence-corrected chi connectivity index (χ2v) is 6.91. The van der Waals surface area contributed by atoms with Gasteiger partial charge >= 0.3 is 0 Å². The first-order valence-corrected chi connectivity index (χ1v) is 9.17. The molecule has 7 heteroatoms. The number of nitrogens with zero attached hydrogens (tertiary/aromatic N) is 5. The van der Waals surface area contributed by atoms with E-state index in [0.29, 0.717) is 5.92 Å². The molecule has 0 saturated carbocycles. The van der Waals surface area contributed by atoms with Gasteiger partial charge in [-0.15, -0.1) is 10.2 Å². The van der Waals surface area contributed by atoms with Crippen LogP contribution in [0.5, 0.6) is 0 Å². The molecule has 0 aromatic carbocycles. The van der Waals surface area contributed by atoms with E-state index < -0.39 is 0 Å². The normalized spacial score (nSPS) is 23.7. The van der Waals surface area contributed by atoms with Crippen molar-refractivity contribution in [3.8, 4) is 0 Å². The third kappa shape index (κ3) is 4.53. The second-order valence-electron chi connectivity index (χ2n) is 6.91. The van der Waals surface area contributed by atoms with Gasteiger partial charge < -0.3 is 18.9 Å². The molecule has 2 fully saturated rings. The molecule has 1 aromatic heterocycles. The lowest BCUT2D eigenvalue weighted by molar-refractivity contribution is 0.0326. The summed E-state index contributed by atoms with van der Waals surface area (Å²) < 4.78 is 12.8. The molecule has 0 aliphatic carbocycles. The van der Waals surface area contributed by atoms with E-state index in [1.807, 2.05) is 0 Å². The number of piperidine rings is 1. The van der Waals surface area contributed by atoms with E-state index in [-0.39, 0.29) is 0 Å². The fourth-order valence-corrected chi connectivity index (χ4v) is 3.73. The van der Waals surface area contributed by atoms with Gasteiger partial charge in [0.1, 0.15) is 11.6 Å². The summed E-state index contributed by atoms with van der Waals surface area (Å²) in [7, 11) is 3.89. The Morgan fingerprint density at radius 1 is 1.17 bits per heavy atom. The van der Waals surface area contributed by atoms with E-state index in [4.69, 9.17) is 9.47 Å². The van der Waals surface area contributed by atoms with Crippen molar-refractivity contribution < 1.29 is 9.47 Å². The Morgan fingerprint density at radius 3 is 2.79 bits per heavy atom. The van der Waals surface area contributed by atoms with Gasteiger partial charge in [0.05, 0.1) is 19.8 Å². The van der Waals surface area contributed by atoms with E-state index in [1.54, 1.807) is 7.11 Å². The summed E-state index contributed by atoms with van der Waals surface area (Å²) >= 11 is 0. The van der Waals surface area contributed by atoms with E-state index >= 15 is 0 Å². The highest BCUT2D eigenvalue weighted by Gasteiger charge is 2.26. The average molecular weight is 337 g/mol. The molecule has 0 unspecified atom stereocenters. The van der Waals surface area contributed by atoms with Crippen LogP contribution in [0.25, 0.3) is 0 Å². The molecule has 0 N–H and O–H groups in total. The summed E-state index contributed by atoms with van der Waals surface area (Å²) in [5, 5.41) is 9.02. The highest BCUT2D eigenvalue weighted by atomic mass is 16.5. The van der Waals surface area contributed by atoms with Crippen molar-refractivity contribution in [1.82, 2.24) is 24.6 Å². The predicted molar refractivity (Wildman–Crippen MR) is 92.0 cm³/mol. The van der Waals surface area contributed by atoms with Crippen LogP contribution in [0, 0.1) is 0 Å². The van der Waals surface area contributed by atoms with Crippen LogP contribution >= 0.6 is 0 Å². The zero-order valence-corrected chi connectivity index (χ0v) is 15.1. The van der Waals surface area contributed by atoms with E-state index in [0.717, 1.165) is 70.6 Å². The van der Waals surface area contributed by atoms with Gasteiger partial charge in [0.2, 0.25) is 0 Å². The van der Waals surface area contributed by atoms with Crippen LogP contribution in [0.3, 0.4) is 0 Å². The first-order valence-electron chi connectivity index (χ1n) is 9.17. The van der Waals surface area contributed by atoms with Gasteiger partial charge in [-0.25, -0.2) is 0 Å². The van der Waals surface area contributed by atoms with Gasteiger partial charge in [-0.05, 0) is 25.8 Å². The molecular formula is C17H31N5O2. The van der Waals surface area contributed by atoms with Gasteiger partial charge in [-0.3, -0.25) is 4.90 Å². The Kier molecular flexibility index (Phi) is 6.59. The smallest absolute Gasteiger partial charge is 0.146 e. The highest BCUT2D eigenvalue weighted by molar-refractivity contribution is 5.04. The summed E-state index contributed by atoms with van der Waals surface area (Å²) in [5.74, 6) is 2.72. The van der Waals surface area contributed by atoms with Crippen LogP contribution in [-0.2, 0) is 23.1 Å². The standard InChI is InChI=1S/C17H31N5O2/c1-20-16(14-22-8-11-24-12-9-22)18-19-17(20)15-5-3-6-21(13-15)7-4-10-23-2/h15H,3-14H2,1-2H3/t15-/m0/s1. The quantitative estimate of drug-likeness (QED) is 0.688. The fraction of sp³-hybridized carbons (Fsp3) is 0.882. The van der Waals surface area contributed by atoms with Crippen molar-refractivity contribution in [2.24, 2.45) is 7.05 Å². The van der Waals surface area contributed by atoms with Crippen LogP contribution < -0.4 is 0 Å². The van der Waals surface area contributed by atoms with Crippen molar-refractivity contribution in [2.45, 2.75) is 31.7 Å². The van der Waals surface area contributed by atoms with Gasteiger partial charge in [-0.1, -0.05) is 0 Å². The van der Waals surface area contributed by atoms with Crippen molar-refractivity contribution in [1.29, 1.82) is 0 Å². The van der Waals surface area contributed by atoms with Crippen molar-refractivity contribution in [2.75, 3.05) is 59.7 Å². The lowest BCUT2D eigenvalue weighted by atomic mass is 9.97. The minimum atomic E-state index is 0.497. The van der Waals surface area contributed by atoms with Gasteiger partial charge in [-0.2, -0.15) is 0 Å². The second kappa shape index (κ2) is 8.89. The van der Waals surface area contributed by atoms with Crippen molar-refractivity contribution >= 4 is 0 Å². The number of likely N-dealkylation sites (tertiary alicyclic amines) is 1. The molecule has 0 bridgehead atoms. The zero-order valence-electron chi connectivity index (χ0n) is 15.1. The molecule has 7 nitrogen and oxygen atoms in total. The third-order valence-electron chi connectivity index (χ3n) is 5.16. The number of hydrogen-bond donors (Lipinski definition) is 0. The Bertz CT molecular complexity index is 501. The largest absolute Gasteiger partial charge is 0.385 e. The molecule has 0 radical (unpaired) electrons. The zero-order chi connectivity index (χ0) is 16.8. The van der Waals surface area contributed by atoms with E-state index in [2.05, 4.69) is 31.6 Å². The van der Waals surface area contributed by atoms with Crippen LogP contribution in [0.2, 0.25) is 0 Å². The minimum absolute atomic E-state index is 0.497. The van der Waals surface area contributed by atoms with Crippen LogP contribution in [0.1, 0.15) is 36.8 Å². The maximum atomic E-state index is 5.42. The lowest BCUT2D eigenvalue weighted by Gasteiger charge is -2.32. The maximum absolute atomic E-state index is 5.42. The van der Waals surface area contributed by atoms with Crippen LogP contribution in [0.4, 0.5) is 0 Å². The van der Waals surface area contributed by atoms with Crippen molar-refractivity contribution in [3.63, 3.8) is 0 Å². The Balaban J connectivity index is 1.57. The predicted octanol–water partition coefficient (Wildman–Crippen LogP) is 0.863. The number of methoxy groups -OCH3 is 1. The fourth-order valence-electron chi connectivity index (χ4n) is 3.73. The topological polar surface area (TPSA) is 55.6 Å². The highest BCUT2D eigenvalue weighted by Crippen LogP contribution is 2.26. The first-order chi connectivity index (χ1) is 11.8. The molecule has 136 valence electrons. The number of rotatable bonds is 7. The lowest BCUT2D eigenvalue weighted by Crippen LogP contribution is -2.37. The third-order valence-corrected chi connectivity index (χ3v) is 5.16.